The third-order valence-corrected chi connectivity index (χ3v) is 3.92. The van der Waals surface area contributed by atoms with Crippen LogP contribution in [0.2, 0.25) is 0 Å². The first-order chi connectivity index (χ1) is 10.9. The van der Waals surface area contributed by atoms with E-state index >= 15 is 0 Å². The predicted molar refractivity (Wildman–Crippen MR) is 90.6 cm³/mol. The minimum absolute atomic E-state index is 0.165. The van der Waals surface area contributed by atoms with Gasteiger partial charge in [-0.25, -0.2) is 0 Å². The highest BCUT2D eigenvalue weighted by Gasteiger charge is 2.16. The fourth-order valence-electron chi connectivity index (χ4n) is 2.14. The number of nitro benzene ring substituents is 1. The molecule has 7 heteroatoms. The summed E-state index contributed by atoms with van der Waals surface area (Å²) in [6.07, 6.45) is 1.62. The highest BCUT2D eigenvalue weighted by atomic mass is 32.2. The Bertz CT molecular complexity index is 789. The smallest absolute Gasteiger partial charge is 0.293 e. The minimum atomic E-state index is -0.965. The number of rotatable bonds is 6. The molecule has 120 valence electrons. The molecule has 1 unspecified atom stereocenters. The number of ketones is 1. The molecule has 0 heterocycles. The normalized spacial score (nSPS) is 11.7. The Labute approximate surface area is 136 Å². The fourth-order valence-corrected chi connectivity index (χ4v) is 2.79. The quantitative estimate of drug-likeness (QED) is 0.497. The molecule has 6 nitrogen and oxygen atoms in total. The van der Waals surface area contributed by atoms with Crippen molar-refractivity contribution in [3.63, 3.8) is 0 Å². The highest BCUT2D eigenvalue weighted by molar-refractivity contribution is 7.83. The van der Waals surface area contributed by atoms with Gasteiger partial charge in [0.2, 0.25) is 0 Å². The van der Waals surface area contributed by atoms with Crippen LogP contribution in [0.5, 0.6) is 0 Å². The Hall–Kier alpha value is -2.54. The molecule has 0 saturated heterocycles. The minimum Gasteiger partial charge on any atom is -0.350 e. The molecular formula is C16H16N2O4S. The third-order valence-electron chi connectivity index (χ3n) is 3.18. The van der Waals surface area contributed by atoms with Gasteiger partial charge in [0.05, 0.1) is 4.92 Å². The zero-order valence-electron chi connectivity index (χ0n) is 12.7. The molecular weight excluding hydrogens is 316 g/mol. The van der Waals surface area contributed by atoms with Crippen LogP contribution in [0.1, 0.15) is 22.8 Å². The van der Waals surface area contributed by atoms with Crippen molar-refractivity contribution in [3.05, 3.63) is 63.7 Å². The first kappa shape index (κ1) is 16.8. The lowest BCUT2D eigenvalue weighted by molar-refractivity contribution is -0.383. The van der Waals surface area contributed by atoms with Crippen LogP contribution < -0.4 is 5.32 Å². The number of nitrogens with zero attached hydrogens (tertiary/aromatic N) is 1. The zero-order chi connectivity index (χ0) is 17.0. The van der Waals surface area contributed by atoms with E-state index in [1.165, 1.54) is 19.1 Å². The maximum absolute atomic E-state index is 11.4. The summed E-state index contributed by atoms with van der Waals surface area (Å²) >= 11 is 0. The molecule has 0 aliphatic carbocycles. The molecule has 0 amide bonds. The van der Waals surface area contributed by atoms with Crippen LogP contribution in [-0.4, -0.2) is 21.2 Å². The van der Waals surface area contributed by atoms with Crippen molar-refractivity contribution < 1.29 is 13.9 Å². The average Bonchev–Trinajstić information content (AvgIpc) is 2.46. The maximum Gasteiger partial charge on any atom is 0.293 e. The van der Waals surface area contributed by atoms with E-state index in [1.807, 2.05) is 6.07 Å². The second-order valence-electron chi connectivity index (χ2n) is 5.09. The molecule has 23 heavy (non-hydrogen) atoms. The number of carbonyl (C=O) groups excluding carboxylic acids is 1. The van der Waals surface area contributed by atoms with Gasteiger partial charge in [0.25, 0.3) is 5.69 Å². The van der Waals surface area contributed by atoms with Gasteiger partial charge in [0.1, 0.15) is 5.69 Å². The average molecular weight is 332 g/mol. The summed E-state index contributed by atoms with van der Waals surface area (Å²) in [6.45, 7) is 1.36. The van der Waals surface area contributed by atoms with Crippen LogP contribution >= 0.6 is 0 Å². The van der Waals surface area contributed by atoms with Gasteiger partial charge >= 0.3 is 0 Å². The molecule has 0 aliphatic heterocycles. The number of carbonyl (C=O) groups is 1. The number of nitrogens with one attached hydrogen (secondary N) is 1. The van der Waals surface area contributed by atoms with Crippen LogP contribution in [0.3, 0.4) is 0 Å². The van der Waals surface area contributed by atoms with Gasteiger partial charge in [-0.05, 0) is 36.8 Å². The SMILES string of the molecule is CC(=O)c1ccc(Nc2cccc(CS(C)=O)c2)c([N+](=O)[O-])c1. The lowest BCUT2D eigenvalue weighted by atomic mass is 10.1. The van der Waals surface area contributed by atoms with Gasteiger partial charge in [-0.1, -0.05) is 12.1 Å². The fraction of sp³-hybridized carbons (Fsp3) is 0.188. The topological polar surface area (TPSA) is 89.3 Å². The summed E-state index contributed by atoms with van der Waals surface area (Å²) in [6, 6.07) is 11.5. The standard InChI is InChI=1S/C16H16N2O4S/c1-11(19)13-6-7-15(16(9-13)18(20)21)17-14-5-3-4-12(8-14)10-23(2)22/h3-9,17H,10H2,1-2H3. The number of hydrogen-bond acceptors (Lipinski definition) is 5. The Morgan fingerprint density at radius 3 is 2.61 bits per heavy atom. The van der Waals surface area contributed by atoms with Gasteiger partial charge in [-0.3, -0.25) is 19.1 Å². The molecule has 1 N–H and O–H groups in total. The van der Waals surface area contributed by atoms with Gasteiger partial charge in [0.15, 0.2) is 5.78 Å². The van der Waals surface area contributed by atoms with Crippen molar-refractivity contribution in [2.45, 2.75) is 12.7 Å². The molecule has 2 rings (SSSR count). The van der Waals surface area contributed by atoms with E-state index in [0.29, 0.717) is 17.1 Å². The Kier molecular flexibility index (Phi) is 5.23. The van der Waals surface area contributed by atoms with Crippen molar-refractivity contribution in [2.75, 3.05) is 11.6 Å². The summed E-state index contributed by atoms with van der Waals surface area (Å²) in [7, 11) is -0.965. The Morgan fingerprint density at radius 1 is 1.26 bits per heavy atom. The van der Waals surface area contributed by atoms with Crippen molar-refractivity contribution in [1.29, 1.82) is 0 Å². The third kappa shape index (κ3) is 4.46. The van der Waals surface area contributed by atoms with Crippen molar-refractivity contribution in [3.8, 4) is 0 Å². The van der Waals surface area contributed by atoms with Gasteiger partial charge in [0, 0.05) is 40.1 Å². The molecule has 0 radical (unpaired) electrons. The van der Waals surface area contributed by atoms with Crippen LogP contribution in [0, 0.1) is 10.1 Å². The summed E-state index contributed by atoms with van der Waals surface area (Å²) < 4.78 is 11.3. The largest absolute Gasteiger partial charge is 0.350 e. The first-order valence-electron chi connectivity index (χ1n) is 6.82. The monoisotopic (exact) mass is 332 g/mol. The van der Waals surface area contributed by atoms with Crippen LogP contribution in [0.4, 0.5) is 17.1 Å². The molecule has 1 atom stereocenters. The second-order valence-corrected chi connectivity index (χ2v) is 6.52. The van der Waals surface area contributed by atoms with Crippen LogP contribution in [0.25, 0.3) is 0 Å². The molecule has 0 aromatic heterocycles. The van der Waals surface area contributed by atoms with Crippen LogP contribution in [-0.2, 0) is 16.6 Å². The van der Waals surface area contributed by atoms with Crippen LogP contribution in [0.15, 0.2) is 42.5 Å². The Morgan fingerprint density at radius 2 is 2.00 bits per heavy atom. The van der Waals surface area contributed by atoms with E-state index in [9.17, 15) is 19.1 Å². The van der Waals surface area contributed by atoms with Gasteiger partial charge < -0.3 is 5.32 Å². The number of benzene rings is 2. The van der Waals surface area contributed by atoms with Gasteiger partial charge in [-0.2, -0.15) is 0 Å². The summed E-state index contributed by atoms with van der Waals surface area (Å²) in [5.74, 6) is 0.188. The molecule has 0 bridgehead atoms. The molecule has 2 aromatic carbocycles. The van der Waals surface area contributed by atoms with E-state index in [1.54, 1.807) is 30.5 Å². The maximum atomic E-state index is 11.4. The van der Waals surface area contributed by atoms with Gasteiger partial charge in [-0.15, -0.1) is 0 Å². The molecule has 0 spiro atoms. The molecule has 2 aromatic rings. The second kappa shape index (κ2) is 7.15. The zero-order valence-corrected chi connectivity index (χ0v) is 13.6. The molecule has 0 aliphatic rings. The Balaban J connectivity index is 2.34. The number of Topliss-reactive ketones (excluding diaryl/α,β-unsaturated/α-hetero) is 1. The van der Waals surface area contributed by atoms with Crippen molar-refractivity contribution in [1.82, 2.24) is 0 Å². The molecule has 0 saturated carbocycles. The first-order valence-corrected chi connectivity index (χ1v) is 8.55. The van der Waals surface area contributed by atoms with Crippen molar-refractivity contribution >= 4 is 33.6 Å². The lowest BCUT2D eigenvalue weighted by Gasteiger charge is -2.09. The highest BCUT2D eigenvalue weighted by Crippen LogP contribution is 2.29. The number of anilines is 2. The summed E-state index contributed by atoms with van der Waals surface area (Å²) in [5, 5.41) is 14.2. The van der Waals surface area contributed by atoms with Crippen molar-refractivity contribution in [2.24, 2.45) is 0 Å². The van der Waals surface area contributed by atoms with E-state index in [2.05, 4.69) is 5.32 Å². The van der Waals surface area contributed by atoms with E-state index in [4.69, 9.17) is 0 Å². The predicted octanol–water partition coefficient (Wildman–Crippen LogP) is 3.42. The summed E-state index contributed by atoms with van der Waals surface area (Å²) in [5.41, 5.74) is 1.96. The lowest BCUT2D eigenvalue weighted by Crippen LogP contribution is -2.01. The number of hydrogen-bond donors (Lipinski definition) is 1. The van der Waals surface area contributed by atoms with E-state index < -0.39 is 15.7 Å². The number of nitro groups is 1. The summed E-state index contributed by atoms with van der Waals surface area (Å²) in [4.78, 5) is 22.1. The van der Waals surface area contributed by atoms with E-state index in [-0.39, 0.29) is 17.0 Å². The molecule has 0 fully saturated rings. The van der Waals surface area contributed by atoms with E-state index in [0.717, 1.165) is 5.56 Å².